The van der Waals surface area contributed by atoms with E-state index in [1.807, 2.05) is 0 Å². The summed E-state index contributed by atoms with van der Waals surface area (Å²) in [6, 6.07) is 34.6. The van der Waals surface area contributed by atoms with E-state index in [-0.39, 0.29) is 15.8 Å². The van der Waals surface area contributed by atoms with E-state index in [2.05, 4.69) is 97.1 Å². The Hall–Kier alpha value is -2.46. The predicted molar refractivity (Wildman–Crippen MR) is 117 cm³/mol. The average molecular weight is 382 g/mol. The van der Waals surface area contributed by atoms with E-state index in [0.29, 0.717) is 0 Å². The molecule has 0 amide bonds. The molecule has 0 radical (unpaired) electrons. The fourth-order valence-corrected chi connectivity index (χ4v) is 8.20. The average Bonchev–Trinajstić information content (AvgIpc) is 3.62. The lowest BCUT2D eigenvalue weighted by Crippen LogP contribution is -2.08. The van der Waals surface area contributed by atoms with Crippen LogP contribution in [0.15, 0.2) is 97.1 Å². The van der Waals surface area contributed by atoms with Gasteiger partial charge in [-0.2, -0.15) is 0 Å². The van der Waals surface area contributed by atoms with Gasteiger partial charge in [0.05, 0.1) is 0 Å². The number of hydrogen-bond donors (Lipinski definition) is 0. The molecule has 4 aromatic carbocycles. The third kappa shape index (κ3) is 2.54. The van der Waals surface area contributed by atoms with Crippen molar-refractivity contribution < 1.29 is 4.74 Å². The van der Waals surface area contributed by atoms with Crippen molar-refractivity contribution in [1.29, 1.82) is 0 Å². The van der Waals surface area contributed by atoms with Gasteiger partial charge in [0, 0.05) is 10.6 Å². The highest BCUT2D eigenvalue weighted by Gasteiger charge is 2.37. The molecule has 0 bridgehead atoms. The summed E-state index contributed by atoms with van der Waals surface area (Å²) in [5.41, 5.74) is 0. The van der Waals surface area contributed by atoms with E-state index in [1.165, 1.54) is 31.8 Å². The fraction of sp³-hybridized carbons (Fsp3) is 0. The Kier molecular flexibility index (Phi) is 3.48. The Morgan fingerprint density at radius 1 is 0.370 bits per heavy atom. The van der Waals surface area contributed by atoms with Gasteiger partial charge < -0.3 is 4.74 Å². The predicted octanol–water partition coefficient (Wildman–Crippen LogP) is 3.62. The van der Waals surface area contributed by atoms with Gasteiger partial charge in [-0.15, -0.1) is 0 Å². The minimum Gasteiger partial charge on any atom is -0.456 e. The summed E-state index contributed by atoms with van der Waals surface area (Å²) in [6.45, 7) is 0. The van der Waals surface area contributed by atoms with Crippen molar-refractivity contribution in [2.75, 3.05) is 0 Å². The van der Waals surface area contributed by atoms with E-state index in [9.17, 15) is 0 Å². The van der Waals surface area contributed by atoms with Crippen LogP contribution in [0, 0.1) is 0 Å². The molecule has 6 rings (SSSR count). The lowest BCUT2D eigenvalue weighted by molar-refractivity contribution is 0.491. The molecular formula is C24H16OP2. The van der Waals surface area contributed by atoms with Gasteiger partial charge >= 0.3 is 0 Å². The van der Waals surface area contributed by atoms with Crippen molar-refractivity contribution in [3.8, 4) is 11.5 Å². The Morgan fingerprint density at radius 2 is 0.667 bits per heavy atom. The quantitative estimate of drug-likeness (QED) is 0.423. The molecule has 3 heteroatoms. The summed E-state index contributed by atoms with van der Waals surface area (Å²) in [5, 5.41) is 8.58. The molecule has 128 valence electrons. The van der Waals surface area contributed by atoms with E-state index in [0.717, 1.165) is 11.5 Å². The van der Waals surface area contributed by atoms with Crippen molar-refractivity contribution >= 4 is 47.7 Å². The van der Waals surface area contributed by atoms with E-state index in [4.69, 9.17) is 4.74 Å². The van der Waals surface area contributed by atoms with Gasteiger partial charge in [0.2, 0.25) is 0 Å². The van der Waals surface area contributed by atoms with E-state index >= 15 is 0 Å². The van der Waals surface area contributed by atoms with Crippen molar-refractivity contribution in [3.05, 3.63) is 97.1 Å². The zero-order valence-corrected chi connectivity index (χ0v) is 16.3. The topological polar surface area (TPSA) is 9.23 Å². The number of ether oxygens (including phenoxy) is 1. The molecule has 0 aliphatic carbocycles. The van der Waals surface area contributed by atoms with Crippen molar-refractivity contribution in [2.24, 2.45) is 0 Å². The molecule has 0 unspecified atom stereocenters. The standard InChI is InChI=1S/C24H16OP2/c1-3-11-19(26-21-13-5-6-14-22(21)26)17(9-1)25-18-10-2-4-12-20(18)27-23-15-7-8-16-24(23)27/h1-16H. The van der Waals surface area contributed by atoms with Gasteiger partial charge in [-0.05, 0) is 49.2 Å². The zero-order valence-electron chi connectivity index (χ0n) is 14.5. The number of fused-ring (bicyclic) bond motifs is 2. The van der Waals surface area contributed by atoms with Crippen molar-refractivity contribution in [3.63, 3.8) is 0 Å². The summed E-state index contributed by atoms with van der Waals surface area (Å²) in [6.07, 6.45) is 0. The Bertz CT molecular complexity index is 1050. The maximum Gasteiger partial charge on any atom is 0.135 e. The first-order valence-corrected chi connectivity index (χ1v) is 11.7. The third-order valence-electron chi connectivity index (χ3n) is 5.06. The van der Waals surface area contributed by atoms with Crippen LogP contribution in [0.4, 0.5) is 0 Å². The molecule has 0 spiro atoms. The molecule has 0 N–H and O–H groups in total. The van der Waals surface area contributed by atoms with Crippen LogP contribution in [0.3, 0.4) is 0 Å². The van der Waals surface area contributed by atoms with Crippen LogP contribution in [-0.2, 0) is 0 Å². The Morgan fingerprint density at radius 3 is 1.04 bits per heavy atom. The van der Waals surface area contributed by atoms with Gasteiger partial charge in [-0.3, -0.25) is 0 Å². The summed E-state index contributed by atoms with van der Waals surface area (Å²) in [7, 11) is -0.686. The van der Waals surface area contributed by atoms with Gasteiger partial charge in [0.15, 0.2) is 0 Å². The molecule has 4 aromatic rings. The summed E-state index contributed by atoms with van der Waals surface area (Å²) < 4.78 is 6.54. The van der Waals surface area contributed by atoms with Gasteiger partial charge in [-0.1, -0.05) is 84.9 Å². The van der Waals surface area contributed by atoms with Crippen molar-refractivity contribution in [2.45, 2.75) is 0 Å². The van der Waals surface area contributed by atoms with Crippen LogP contribution < -0.4 is 36.6 Å². The van der Waals surface area contributed by atoms with Gasteiger partial charge in [-0.25, -0.2) is 0 Å². The lowest BCUT2D eigenvalue weighted by atomic mass is 10.3. The molecule has 2 heterocycles. The Labute approximate surface area is 161 Å². The van der Waals surface area contributed by atoms with Crippen LogP contribution in [0.25, 0.3) is 0 Å². The maximum absolute atomic E-state index is 6.54. The molecule has 0 fully saturated rings. The summed E-state index contributed by atoms with van der Waals surface area (Å²) in [5.74, 6) is 1.99. The fourth-order valence-electron chi connectivity index (χ4n) is 3.70. The minimum atomic E-state index is -0.343. The SMILES string of the molecule is c1ccc(P2c3ccccc32)c(Oc2ccccc2P2c3ccccc32)c1. The second-order valence-corrected chi connectivity index (χ2v) is 10.9. The van der Waals surface area contributed by atoms with Gasteiger partial charge in [0.1, 0.15) is 11.5 Å². The van der Waals surface area contributed by atoms with Crippen LogP contribution in [0.5, 0.6) is 11.5 Å². The van der Waals surface area contributed by atoms with Crippen LogP contribution in [0.2, 0.25) is 0 Å². The van der Waals surface area contributed by atoms with Crippen LogP contribution in [0.1, 0.15) is 0 Å². The molecule has 0 aromatic heterocycles. The minimum absolute atomic E-state index is 0.343. The van der Waals surface area contributed by atoms with Crippen molar-refractivity contribution in [1.82, 2.24) is 0 Å². The molecule has 1 nitrogen and oxygen atoms in total. The molecular weight excluding hydrogens is 366 g/mol. The molecule has 2 aliphatic rings. The first kappa shape index (κ1) is 15.6. The number of hydrogen-bond acceptors (Lipinski definition) is 1. The second kappa shape index (κ2) is 6.03. The highest BCUT2D eigenvalue weighted by Crippen LogP contribution is 2.49. The highest BCUT2D eigenvalue weighted by atomic mass is 31.1. The third-order valence-corrected chi connectivity index (χ3v) is 9.80. The van der Waals surface area contributed by atoms with Gasteiger partial charge in [0.25, 0.3) is 0 Å². The molecule has 0 saturated heterocycles. The normalized spacial score (nSPS) is 14.4. The highest BCUT2D eigenvalue weighted by molar-refractivity contribution is 7.90. The summed E-state index contributed by atoms with van der Waals surface area (Å²) >= 11 is 0. The number of rotatable bonds is 4. The maximum atomic E-state index is 6.54. The van der Waals surface area contributed by atoms with Crippen LogP contribution in [-0.4, -0.2) is 0 Å². The molecule has 27 heavy (non-hydrogen) atoms. The lowest BCUT2D eigenvalue weighted by Gasteiger charge is -2.14. The smallest absolute Gasteiger partial charge is 0.135 e. The van der Waals surface area contributed by atoms with E-state index < -0.39 is 0 Å². The van der Waals surface area contributed by atoms with Crippen LogP contribution >= 0.6 is 15.8 Å². The molecule has 2 aliphatic heterocycles. The monoisotopic (exact) mass is 382 g/mol. The summed E-state index contributed by atoms with van der Waals surface area (Å²) in [4.78, 5) is 0. The second-order valence-electron chi connectivity index (χ2n) is 6.69. The first-order valence-electron chi connectivity index (χ1n) is 9.06. The zero-order chi connectivity index (χ0) is 17.8. The number of benzene rings is 4. The molecule has 0 saturated carbocycles. The largest absolute Gasteiger partial charge is 0.456 e. The first-order chi connectivity index (χ1) is 13.4. The number of para-hydroxylation sites is 2. The Balaban J connectivity index is 1.36. The van der Waals surface area contributed by atoms with E-state index in [1.54, 1.807) is 0 Å². The molecule has 0 atom stereocenters.